The van der Waals surface area contributed by atoms with Crippen LogP contribution in [0.15, 0.2) is 38.8 Å². The molecule has 1 saturated heterocycles. The fraction of sp³-hybridized carbons (Fsp3) is 0.190. The summed E-state index contributed by atoms with van der Waals surface area (Å²) in [6, 6.07) is 6.09. The van der Waals surface area contributed by atoms with Gasteiger partial charge in [-0.2, -0.15) is 0 Å². The van der Waals surface area contributed by atoms with E-state index in [4.69, 9.17) is 32.7 Å². The van der Waals surface area contributed by atoms with Gasteiger partial charge in [-0.1, -0.05) is 29.3 Å². The Bertz CT molecular complexity index is 1140. The molecule has 0 radical (unpaired) electrons. The molecule has 0 aromatic heterocycles. The zero-order valence-corrected chi connectivity index (χ0v) is 21.7. The molecule has 168 valence electrons. The number of hydrogen-bond donors (Lipinski definition) is 0. The molecule has 7 nitrogen and oxygen atoms in total. The van der Waals surface area contributed by atoms with Crippen molar-refractivity contribution in [2.75, 3.05) is 21.2 Å². The van der Waals surface area contributed by atoms with Gasteiger partial charge in [0, 0.05) is 18.6 Å². The van der Waals surface area contributed by atoms with Crippen molar-refractivity contribution in [3.8, 4) is 11.5 Å². The van der Waals surface area contributed by atoms with Crippen LogP contribution in [0.4, 0.5) is 4.79 Å². The van der Waals surface area contributed by atoms with Gasteiger partial charge in [-0.3, -0.25) is 19.4 Å². The number of barbiturate groups is 1. The van der Waals surface area contributed by atoms with Crippen molar-refractivity contribution in [1.82, 2.24) is 9.80 Å². The second kappa shape index (κ2) is 9.82. The largest absolute Gasteiger partial charge is 0.493 e. The third-order valence-electron chi connectivity index (χ3n) is 4.69. The topological polar surface area (TPSA) is 76.2 Å². The van der Waals surface area contributed by atoms with E-state index in [9.17, 15) is 14.4 Å². The summed E-state index contributed by atoms with van der Waals surface area (Å²) in [4.78, 5) is 38.7. The normalized spacial score (nSPS) is 14.2. The summed E-state index contributed by atoms with van der Waals surface area (Å²) < 4.78 is 12.4. The fourth-order valence-corrected chi connectivity index (χ4v) is 4.18. The molecule has 0 bridgehead atoms. The molecule has 4 amide bonds. The summed E-state index contributed by atoms with van der Waals surface area (Å²) in [6.07, 6.45) is 1.39. The highest BCUT2D eigenvalue weighted by atomic mass is 79.9. The summed E-state index contributed by atoms with van der Waals surface area (Å²) >= 11 is 19.0. The van der Waals surface area contributed by atoms with Crippen molar-refractivity contribution < 1.29 is 23.9 Å². The van der Waals surface area contributed by atoms with Crippen LogP contribution >= 0.6 is 55.1 Å². The van der Waals surface area contributed by atoms with Gasteiger partial charge in [0.2, 0.25) is 0 Å². The molecule has 11 heteroatoms. The predicted octanol–water partition coefficient (Wildman–Crippen LogP) is 5.54. The van der Waals surface area contributed by atoms with E-state index >= 15 is 0 Å². The molecular weight excluding hydrogens is 591 g/mol. The Labute approximate surface area is 211 Å². The fourth-order valence-electron chi connectivity index (χ4n) is 2.91. The van der Waals surface area contributed by atoms with Gasteiger partial charge in [0.1, 0.15) is 12.2 Å². The average molecular weight is 607 g/mol. The Morgan fingerprint density at radius 2 is 1.59 bits per heavy atom. The molecule has 32 heavy (non-hydrogen) atoms. The molecule has 0 unspecified atom stereocenters. The molecule has 0 aliphatic carbocycles. The lowest BCUT2D eigenvalue weighted by Gasteiger charge is -2.29. The molecule has 1 fully saturated rings. The number of likely N-dealkylation sites (N-methyl/N-ethyl adjacent to an activating group) is 2. The SMILES string of the molecule is COc1cc(C=C2C(=O)N(C)C(=O)N(C)C2=O)c(Br)c(Br)c1OCc1ccc(Cl)c(Cl)c1. The van der Waals surface area contributed by atoms with E-state index in [-0.39, 0.29) is 12.2 Å². The summed E-state index contributed by atoms with van der Waals surface area (Å²) in [5, 5.41) is 0.858. The second-order valence-electron chi connectivity index (χ2n) is 6.73. The van der Waals surface area contributed by atoms with E-state index in [1.54, 1.807) is 24.3 Å². The molecular formula is C21H16Br2Cl2N2O5. The standard InChI is InChI=1S/C21H16Br2Cl2N2O5/c1-26-19(28)12(20(29)27(2)21(26)30)7-11-8-15(31-3)18(17(23)16(11)22)32-9-10-4-5-13(24)14(25)6-10/h4-8H,9H2,1-3H3. The highest BCUT2D eigenvalue weighted by Gasteiger charge is 2.38. The molecule has 3 rings (SSSR count). The smallest absolute Gasteiger partial charge is 0.333 e. The van der Waals surface area contributed by atoms with Gasteiger partial charge in [0.05, 0.1) is 21.6 Å². The van der Waals surface area contributed by atoms with E-state index < -0.39 is 17.8 Å². The number of carbonyl (C=O) groups is 3. The molecule has 1 aliphatic rings. The number of amides is 4. The first-order chi connectivity index (χ1) is 15.1. The van der Waals surface area contributed by atoms with Crippen LogP contribution < -0.4 is 9.47 Å². The zero-order valence-electron chi connectivity index (χ0n) is 17.0. The molecule has 0 spiro atoms. The maximum atomic E-state index is 12.5. The van der Waals surface area contributed by atoms with E-state index in [2.05, 4.69) is 31.9 Å². The van der Waals surface area contributed by atoms with Gasteiger partial charge in [0.15, 0.2) is 11.5 Å². The minimum Gasteiger partial charge on any atom is -0.493 e. The molecule has 2 aromatic rings. The van der Waals surface area contributed by atoms with Gasteiger partial charge in [0.25, 0.3) is 11.8 Å². The molecule has 0 atom stereocenters. The number of halogens is 4. The summed E-state index contributed by atoms with van der Waals surface area (Å²) in [7, 11) is 4.09. The summed E-state index contributed by atoms with van der Waals surface area (Å²) in [5.74, 6) is -0.626. The number of methoxy groups -OCH3 is 1. The van der Waals surface area contributed by atoms with Gasteiger partial charge < -0.3 is 9.47 Å². The lowest BCUT2D eigenvalue weighted by molar-refractivity contribution is -0.134. The van der Waals surface area contributed by atoms with E-state index in [0.29, 0.717) is 36.1 Å². The maximum Gasteiger partial charge on any atom is 0.333 e. The van der Waals surface area contributed by atoms with Crippen LogP contribution in [0.1, 0.15) is 11.1 Å². The third-order valence-corrected chi connectivity index (χ3v) is 7.57. The van der Waals surface area contributed by atoms with Crippen LogP contribution in [0, 0.1) is 0 Å². The Hall–Kier alpha value is -2.07. The Morgan fingerprint density at radius 3 is 2.16 bits per heavy atom. The highest BCUT2D eigenvalue weighted by molar-refractivity contribution is 9.13. The predicted molar refractivity (Wildman–Crippen MR) is 128 cm³/mol. The minimum atomic E-state index is -0.694. The lowest BCUT2D eigenvalue weighted by Crippen LogP contribution is -2.52. The van der Waals surface area contributed by atoms with E-state index in [0.717, 1.165) is 15.4 Å². The van der Waals surface area contributed by atoms with E-state index in [1.165, 1.54) is 27.3 Å². The second-order valence-corrected chi connectivity index (χ2v) is 9.13. The maximum absolute atomic E-state index is 12.5. The first kappa shape index (κ1) is 24.6. The Morgan fingerprint density at radius 1 is 0.969 bits per heavy atom. The zero-order chi connectivity index (χ0) is 23.7. The first-order valence-corrected chi connectivity index (χ1v) is 11.4. The monoisotopic (exact) mass is 604 g/mol. The van der Waals surface area contributed by atoms with Gasteiger partial charge in [-0.15, -0.1) is 0 Å². The van der Waals surface area contributed by atoms with Crippen LogP contribution in [-0.2, 0) is 16.2 Å². The number of urea groups is 1. The lowest BCUT2D eigenvalue weighted by atomic mass is 10.1. The van der Waals surface area contributed by atoms with Crippen LogP contribution in [-0.4, -0.2) is 48.9 Å². The van der Waals surface area contributed by atoms with Crippen LogP contribution in [0.2, 0.25) is 10.0 Å². The Kier molecular flexibility index (Phi) is 7.54. The number of carbonyl (C=O) groups excluding carboxylic acids is 3. The number of rotatable bonds is 5. The highest BCUT2D eigenvalue weighted by Crippen LogP contribution is 2.44. The van der Waals surface area contributed by atoms with Gasteiger partial charge in [-0.05, 0) is 67.3 Å². The molecule has 1 aliphatic heterocycles. The van der Waals surface area contributed by atoms with E-state index in [1.807, 2.05) is 0 Å². The van der Waals surface area contributed by atoms with Crippen molar-refractivity contribution in [2.24, 2.45) is 0 Å². The number of ether oxygens (including phenoxy) is 2. The molecule has 2 aromatic carbocycles. The van der Waals surface area contributed by atoms with Crippen molar-refractivity contribution in [3.05, 3.63) is 60.0 Å². The number of benzene rings is 2. The minimum absolute atomic E-state index is 0.159. The van der Waals surface area contributed by atoms with Crippen LogP contribution in [0.3, 0.4) is 0 Å². The number of imide groups is 2. The number of nitrogens with zero attached hydrogens (tertiary/aromatic N) is 2. The molecule has 0 saturated carbocycles. The first-order valence-electron chi connectivity index (χ1n) is 9.01. The Balaban J connectivity index is 1.98. The summed E-state index contributed by atoms with van der Waals surface area (Å²) in [5.41, 5.74) is 1.11. The van der Waals surface area contributed by atoms with Crippen LogP contribution in [0.25, 0.3) is 6.08 Å². The molecule has 0 N–H and O–H groups in total. The van der Waals surface area contributed by atoms with Crippen LogP contribution in [0.5, 0.6) is 11.5 Å². The van der Waals surface area contributed by atoms with Crippen molar-refractivity contribution >= 4 is 79.0 Å². The molecule has 1 heterocycles. The summed E-state index contributed by atoms with van der Waals surface area (Å²) in [6.45, 7) is 0.188. The van der Waals surface area contributed by atoms with Gasteiger partial charge >= 0.3 is 6.03 Å². The quantitative estimate of drug-likeness (QED) is 0.330. The van der Waals surface area contributed by atoms with Crippen molar-refractivity contribution in [3.63, 3.8) is 0 Å². The number of hydrogen-bond acceptors (Lipinski definition) is 5. The van der Waals surface area contributed by atoms with Crippen molar-refractivity contribution in [2.45, 2.75) is 6.61 Å². The average Bonchev–Trinajstić information content (AvgIpc) is 2.78. The van der Waals surface area contributed by atoms with Crippen molar-refractivity contribution in [1.29, 1.82) is 0 Å². The third kappa shape index (κ3) is 4.66. The van der Waals surface area contributed by atoms with Gasteiger partial charge in [-0.25, -0.2) is 4.79 Å².